The van der Waals surface area contributed by atoms with Gasteiger partial charge in [0.05, 0.1) is 18.1 Å². The number of unbranched alkanes of at least 4 members (excludes halogenated alkanes) is 7. The third-order valence-corrected chi connectivity index (χ3v) is 7.90. The van der Waals surface area contributed by atoms with E-state index < -0.39 is 5.97 Å². The minimum Gasteiger partial charge on any atom is -0.494 e. The predicted molar refractivity (Wildman–Crippen MR) is 173 cm³/mol. The van der Waals surface area contributed by atoms with E-state index in [0.717, 1.165) is 17.7 Å². The number of esters is 2. The molecule has 1 heterocycles. The Balaban J connectivity index is 1.12. The van der Waals surface area contributed by atoms with Crippen LogP contribution in [-0.4, -0.2) is 42.6 Å². The number of carbonyl (C=O) groups excluding carboxylic acids is 3. The molecule has 0 bridgehead atoms. The quantitative estimate of drug-likeness (QED) is 0.0908. The van der Waals surface area contributed by atoms with E-state index in [-0.39, 0.29) is 24.6 Å². The first kappa shape index (κ1) is 33.6. The van der Waals surface area contributed by atoms with Gasteiger partial charge in [0.2, 0.25) is 0 Å². The van der Waals surface area contributed by atoms with Crippen molar-refractivity contribution in [3.63, 3.8) is 0 Å². The van der Waals surface area contributed by atoms with Crippen molar-refractivity contribution in [1.29, 1.82) is 0 Å². The minimum atomic E-state index is -0.483. The van der Waals surface area contributed by atoms with Gasteiger partial charge < -0.3 is 23.8 Å². The monoisotopic (exact) mass is 615 g/mol. The standard InChI is InChI=1S/C37H45NO7/c1-2-3-4-5-6-7-8-12-27-42-32-17-15-30(16-18-32)35(39)44-33-19-21-34(22-20-33)45-36(40)31-23-25-38(26-24-31)37(41)43-28-29-13-10-9-11-14-29/h9-11,13-22,31H,2-8,12,23-28H2,1H3. The molecule has 8 heteroatoms. The fraction of sp³-hybridized carbons (Fsp3) is 0.432. The second-order valence-corrected chi connectivity index (χ2v) is 11.4. The zero-order valence-electron chi connectivity index (χ0n) is 26.3. The first-order chi connectivity index (χ1) is 22.0. The highest BCUT2D eigenvalue weighted by Crippen LogP contribution is 2.24. The molecule has 0 aromatic heterocycles. The lowest BCUT2D eigenvalue weighted by Crippen LogP contribution is -2.41. The molecule has 3 aromatic carbocycles. The van der Waals surface area contributed by atoms with Crippen LogP contribution in [0.4, 0.5) is 4.79 Å². The first-order valence-corrected chi connectivity index (χ1v) is 16.2. The Labute approximate surface area is 266 Å². The SMILES string of the molecule is CCCCCCCCCCOc1ccc(C(=O)Oc2ccc(OC(=O)C3CCN(C(=O)OCc4ccccc4)CC3)cc2)cc1. The van der Waals surface area contributed by atoms with E-state index in [4.69, 9.17) is 18.9 Å². The van der Waals surface area contributed by atoms with E-state index in [2.05, 4.69) is 6.92 Å². The van der Waals surface area contributed by atoms with Crippen molar-refractivity contribution in [3.05, 3.63) is 90.0 Å². The lowest BCUT2D eigenvalue weighted by Gasteiger charge is -2.30. The van der Waals surface area contributed by atoms with Gasteiger partial charge in [-0.2, -0.15) is 0 Å². The maximum absolute atomic E-state index is 12.7. The van der Waals surface area contributed by atoms with Crippen LogP contribution >= 0.6 is 0 Å². The Morgan fingerprint density at radius 1 is 0.689 bits per heavy atom. The molecule has 3 aromatic rings. The molecule has 4 rings (SSSR count). The van der Waals surface area contributed by atoms with Crippen LogP contribution < -0.4 is 14.2 Å². The fourth-order valence-corrected chi connectivity index (χ4v) is 5.16. The smallest absolute Gasteiger partial charge is 0.410 e. The number of amides is 1. The van der Waals surface area contributed by atoms with Crippen molar-refractivity contribution in [2.75, 3.05) is 19.7 Å². The van der Waals surface area contributed by atoms with Crippen LogP contribution in [0.25, 0.3) is 0 Å². The molecule has 0 atom stereocenters. The number of ether oxygens (including phenoxy) is 4. The van der Waals surface area contributed by atoms with E-state index in [0.29, 0.717) is 49.6 Å². The van der Waals surface area contributed by atoms with Crippen LogP contribution in [0.5, 0.6) is 17.2 Å². The van der Waals surface area contributed by atoms with Gasteiger partial charge in [-0.05, 0) is 73.4 Å². The first-order valence-electron chi connectivity index (χ1n) is 16.2. The van der Waals surface area contributed by atoms with Crippen molar-refractivity contribution in [1.82, 2.24) is 4.90 Å². The van der Waals surface area contributed by atoms with Gasteiger partial charge in [-0.15, -0.1) is 0 Å². The molecular weight excluding hydrogens is 570 g/mol. The number of piperidine rings is 1. The number of rotatable bonds is 16. The summed E-state index contributed by atoms with van der Waals surface area (Å²) in [4.78, 5) is 39.4. The Hall–Kier alpha value is -4.33. The summed E-state index contributed by atoms with van der Waals surface area (Å²) in [6.45, 7) is 3.97. The summed E-state index contributed by atoms with van der Waals surface area (Å²) in [6.07, 6.45) is 10.6. The molecule has 8 nitrogen and oxygen atoms in total. The number of hydrogen-bond acceptors (Lipinski definition) is 7. The average Bonchev–Trinajstić information content (AvgIpc) is 3.08. The highest BCUT2D eigenvalue weighted by molar-refractivity contribution is 5.91. The van der Waals surface area contributed by atoms with Crippen molar-refractivity contribution >= 4 is 18.0 Å². The molecule has 240 valence electrons. The van der Waals surface area contributed by atoms with Crippen LogP contribution in [0.3, 0.4) is 0 Å². The highest BCUT2D eigenvalue weighted by Gasteiger charge is 2.29. The van der Waals surface area contributed by atoms with Gasteiger partial charge in [0, 0.05) is 13.1 Å². The van der Waals surface area contributed by atoms with Crippen LogP contribution in [0.15, 0.2) is 78.9 Å². The number of hydrogen-bond donors (Lipinski definition) is 0. The third-order valence-electron chi connectivity index (χ3n) is 7.90. The molecule has 0 aliphatic carbocycles. The maximum Gasteiger partial charge on any atom is 0.410 e. The summed E-state index contributed by atoms with van der Waals surface area (Å²) in [6, 6.07) is 22.8. The summed E-state index contributed by atoms with van der Waals surface area (Å²) < 4.78 is 22.3. The summed E-state index contributed by atoms with van der Waals surface area (Å²) in [5, 5.41) is 0. The molecule has 0 N–H and O–H groups in total. The fourth-order valence-electron chi connectivity index (χ4n) is 5.16. The molecule has 1 saturated heterocycles. The van der Waals surface area contributed by atoms with Crippen LogP contribution in [0.1, 0.15) is 87.1 Å². The molecule has 1 aliphatic heterocycles. The topological polar surface area (TPSA) is 91.4 Å². The van der Waals surface area contributed by atoms with Gasteiger partial charge in [0.15, 0.2) is 0 Å². The van der Waals surface area contributed by atoms with Crippen molar-refractivity contribution in [2.45, 2.75) is 77.7 Å². The average molecular weight is 616 g/mol. The largest absolute Gasteiger partial charge is 0.494 e. The van der Waals surface area contributed by atoms with E-state index in [9.17, 15) is 14.4 Å². The Bertz CT molecular complexity index is 1320. The summed E-state index contributed by atoms with van der Waals surface area (Å²) >= 11 is 0. The maximum atomic E-state index is 12.7. The normalized spacial score (nSPS) is 13.2. The second-order valence-electron chi connectivity index (χ2n) is 11.4. The third kappa shape index (κ3) is 11.6. The van der Waals surface area contributed by atoms with Crippen molar-refractivity contribution in [3.8, 4) is 17.2 Å². The number of nitrogens with zero attached hydrogens (tertiary/aromatic N) is 1. The molecule has 0 unspecified atom stereocenters. The number of likely N-dealkylation sites (tertiary alicyclic amines) is 1. The van der Waals surface area contributed by atoms with E-state index in [1.165, 1.54) is 44.9 Å². The molecule has 1 amide bonds. The molecule has 45 heavy (non-hydrogen) atoms. The van der Waals surface area contributed by atoms with Crippen LogP contribution in [-0.2, 0) is 16.1 Å². The molecule has 1 fully saturated rings. The molecular formula is C37H45NO7. The number of carbonyl (C=O) groups is 3. The summed E-state index contributed by atoms with van der Waals surface area (Å²) in [5.41, 5.74) is 1.34. The zero-order valence-corrected chi connectivity index (χ0v) is 26.3. The Kier molecular flexibility index (Phi) is 13.8. The minimum absolute atomic E-state index is 0.216. The van der Waals surface area contributed by atoms with Gasteiger partial charge in [-0.25, -0.2) is 9.59 Å². The molecule has 0 spiro atoms. The zero-order chi connectivity index (χ0) is 31.7. The summed E-state index contributed by atoms with van der Waals surface area (Å²) in [5.74, 6) is 0.298. The lowest BCUT2D eigenvalue weighted by molar-refractivity contribution is -0.140. The van der Waals surface area contributed by atoms with Crippen molar-refractivity contribution in [2.24, 2.45) is 5.92 Å². The molecule has 1 aliphatic rings. The van der Waals surface area contributed by atoms with E-state index in [1.807, 2.05) is 30.3 Å². The Morgan fingerprint density at radius 2 is 1.27 bits per heavy atom. The van der Waals surface area contributed by atoms with Gasteiger partial charge >= 0.3 is 18.0 Å². The molecule has 0 saturated carbocycles. The van der Waals surface area contributed by atoms with Gasteiger partial charge in [0.25, 0.3) is 0 Å². The predicted octanol–water partition coefficient (Wildman–Crippen LogP) is 8.38. The van der Waals surface area contributed by atoms with Crippen LogP contribution in [0.2, 0.25) is 0 Å². The van der Waals surface area contributed by atoms with Gasteiger partial charge in [0.1, 0.15) is 23.9 Å². The highest BCUT2D eigenvalue weighted by atomic mass is 16.6. The summed E-state index contributed by atoms with van der Waals surface area (Å²) in [7, 11) is 0. The molecule has 0 radical (unpaired) electrons. The van der Waals surface area contributed by atoms with E-state index in [1.54, 1.807) is 53.4 Å². The second kappa shape index (κ2) is 18.5. The van der Waals surface area contributed by atoms with Crippen LogP contribution in [0, 0.1) is 5.92 Å². The van der Waals surface area contributed by atoms with E-state index >= 15 is 0 Å². The van der Waals surface area contributed by atoms with Crippen molar-refractivity contribution < 1.29 is 33.3 Å². The van der Waals surface area contributed by atoms with Gasteiger partial charge in [-0.1, -0.05) is 82.2 Å². The lowest BCUT2D eigenvalue weighted by atomic mass is 9.97. The van der Waals surface area contributed by atoms with Gasteiger partial charge in [-0.3, -0.25) is 4.79 Å². The number of benzene rings is 3. The Morgan fingerprint density at radius 3 is 1.91 bits per heavy atom.